The van der Waals surface area contributed by atoms with Crippen LogP contribution in [-0.4, -0.2) is 121 Å². The van der Waals surface area contributed by atoms with Crippen molar-refractivity contribution in [3.05, 3.63) is 40.7 Å². The van der Waals surface area contributed by atoms with E-state index >= 15 is 0 Å². The lowest BCUT2D eigenvalue weighted by molar-refractivity contribution is -0.201. The first-order chi connectivity index (χ1) is 27.6. The number of anilines is 3. The molecule has 2 aliphatic heterocycles. The number of hydrogen-bond donors (Lipinski definition) is 3. The molecule has 5 rings (SSSR count). The summed E-state index contributed by atoms with van der Waals surface area (Å²) in [7, 11) is 0. The number of ether oxygens (including phenoxy) is 3. The van der Waals surface area contributed by atoms with Gasteiger partial charge in [-0.3, -0.25) is 14.5 Å². The summed E-state index contributed by atoms with van der Waals surface area (Å²) >= 11 is 6.64. The van der Waals surface area contributed by atoms with Gasteiger partial charge in [-0.05, 0) is 50.0 Å². The van der Waals surface area contributed by atoms with Gasteiger partial charge in [0.15, 0.2) is 0 Å². The normalized spacial score (nSPS) is 16.5. The summed E-state index contributed by atoms with van der Waals surface area (Å²) < 4.78 is 89.6. The Bertz CT molecular complexity index is 1770. The summed E-state index contributed by atoms with van der Waals surface area (Å²) in [4.78, 5) is 60.1. The third-order valence-corrected chi connectivity index (χ3v) is 10.1. The van der Waals surface area contributed by atoms with E-state index in [1.165, 1.54) is 11.2 Å². The van der Waals surface area contributed by atoms with Crippen LogP contribution in [0.3, 0.4) is 0 Å². The minimum atomic E-state index is -5.23. The van der Waals surface area contributed by atoms with E-state index in [4.69, 9.17) is 16.3 Å². The quantitative estimate of drug-likeness (QED) is 0.108. The van der Waals surface area contributed by atoms with E-state index in [1.54, 1.807) is 24.3 Å². The molecule has 2 amide bonds. The summed E-state index contributed by atoms with van der Waals surface area (Å²) in [5.41, 5.74) is 1.45. The highest BCUT2D eigenvalue weighted by Gasteiger charge is 2.42. The number of likely N-dealkylation sites (tertiary alicyclic amines) is 1. The van der Waals surface area contributed by atoms with Gasteiger partial charge in [-0.2, -0.15) is 26.3 Å². The second-order valence-corrected chi connectivity index (χ2v) is 14.4. The third kappa shape index (κ3) is 12.8. The standard InChI is InChI=1S/C37H44ClF6N7O7/c38-28-21-25(6-7-29(28)58-26-9-14-51(15-10-26)33(53)23-4-1-2-5-23)49-31-27-20-24(8-12-45-30(27)47-22-48-31)32(52)46-11-3-13-50(16-18-56-34(54)36(39,40)41)17-19-57-35(55)37(42,43)44/h6-7,20-23,26H,1-5,8-19H2,(H,46,52)(H2,45,47,48,49). The molecule has 14 nitrogen and oxygen atoms in total. The summed E-state index contributed by atoms with van der Waals surface area (Å²) in [5, 5.41) is 9.51. The molecule has 3 heterocycles. The van der Waals surface area contributed by atoms with Crippen molar-refractivity contribution < 1.29 is 59.7 Å². The number of carbonyl (C=O) groups excluding carboxylic acids is 4. The minimum absolute atomic E-state index is 0.0335. The van der Waals surface area contributed by atoms with Crippen LogP contribution in [0.15, 0.2) is 30.1 Å². The van der Waals surface area contributed by atoms with Crippen LogP contribution in [0.5, 0.6) is 5.75 Å². The molecule has 1 saturated carbocycles. The molecule has 3 aliphatic rings. The molecule has 3 N–H and O–H groups in total. The topological polar surface area (TPSA) is 164 Å². The number of benzene rings is 1. The first kappa shape index (κ1) is 44.3. The molecule has 0 radical (unpaired) electrons. The number of fused-ring (bicyclic) bond motifs is 1. The van der Waals surface area contributed by atoms with Gasteiger partial charge in [-0.15, -0.1) is 0 Å². The monoisotopic (exact) mass is 847 g/mol. The molecular formula is C37H44ClF6N7O7. The number of nitrogens with one attached hydrogen (secondary N) is 3. The van der Waals surface area contributed by atoms with Crippen molar-refractivity contribution in [2.45, 2.75) is 69.8 Å². The molecular weight excluding hydrogens is 804 g/mol. The van der Waals surface area contributed by atoms with Gasteiger partial charge >= 0.3 is 24.3 Å². The van der Waals surface area contributed by atoms with Crippen LogP contribution in [0, 0.1) is 5.92 Å². The third-order valence-electron chi connectivity index (χ3n) is 9.81. The Kier molecular flexibility index (Phi) is 15.4. The van der Waals surface area contributed by atoms with Gasteiger partial charge in [-0.1, -0.05) is 24.4 Å². The summed E-state index contributed by atoms with van der Waals surface area (Å²) in [5.74, 6) is -3.55. The van der Waals surface area contributed by atoms with Crippen molar-refractivity contribution in [1.29, 1.82) is 0 Å². The molecule has 2 fully saturated rings. The van der Waals surface area contributed by atoms with Crippen LogP contribution in [0.4, 0.5) is 43.7 Å². The number of rotatable bonds is 16. The number of hydrogen-bond acceptors (Lipinski definition) is 12. The maximum Gasteiger partial charge on any atom is 0.490 e. The number of alkyl halides is 6. The molecule has 1 aliphatic carbocycles. The van der Waals surface area contributed by atoms with Gasteiger partial charge in [0.1, 0.15) is 43.0 Å². The van der Waals surface area contributed by atoms with Crippen LogP contribution in [0.2, 0.25) is 5.02 Å². The summed E-state index contributed by atoms with van der Waals surface area (Å²) in [6, 6.07) is 5.22. The average Bonchev–Trinajstić information content (AvgIpc) is 3.63. The number of piperidine rings is 1. The molecule has 1 aromatic carbocycles. The van der Waals surface area contributed by atoms with Crippen LogP contribution in [0.1, 0.15) is 56.9 Å². The molecule has 0 spiro atoms. The highest BCUT2D eigenvalue weighted by Crippen LogP contribution is 2.34. The van der Waals surface area contributed by atoms with Gasteiger partial charge in [-0.25, -0.2) is 19.6 Å². The highest BCUT2D eigenvalue weighted by atomic mass is 35.5. The number of halogens is 7. The van der Waals surface area contributed by atoms with Gasteiger partial charge in [0, 0.05) is 75.8 Å². The fourth-order valence-corrected chi connectivity index (χ4v) is 7.01. The lowest BCUT2D eigenvalue weighted by atomic mass is 10.0. The Morgan fingerprint density at radius 2 is 1.57 bits per heavy atom. The van der Waals surface area contributed by atoms with Crippen LogP contribution >= 0.6 is 11.6 Å². The largest absolute Gasteiger partial charge is 0.490 e. The number of esters is 2. The molecule has 1 saturated heterocycles. The lowest BCUT2D eigenvalue weighted by Gasteiger charge is -2.33. The molecule has 318 valence electrons. The Morgan fingerprint density at radius 3 is 2.19 bits per heavy atom. The smallest absolute Gasteiger partial charge is 0.489 e. The van der Waals surface area contributed by atoms with Gasteiger partial charge < -0.3 is 35.1 Å². The Labute approximate surface area is 335 Å². The highest BCUT2D eigenvalue weighted by molar-refractivity contribution is 6.32. The zero-order valence-corrected chi connectivity index (χ0v) is 32.1. The van der Waals surface area contributed by atoms with E-state index in [0.29, 0.717) is 78.1 Å². The van der Waals surface area contributed by atoms with E-state index in [2.05, 4.69) is 35.4 Å². The van der Waals surface area contributed by atoms with Crippen molar-refractivity contribution >= 4 is 58.8 Å². The van der Waals surface area contributed by atoms with Crippen molar-refractivity contribution in [2.24, 2.45) is 5.92 Å². The van der Waals surface area contributed by atoms with Gasteiger partial charge in [0.05, 0.1) is 10.6 Å². The zero-order valence-electron chi connectivity index (χ0n) is 31.4. The molecule has 1 aromatic heterocycles. The predicted molar refractivity (Wildman–Crippen MR) is 198 cm³/mol. The molecule has 0 bridgehead atoms. The van der Waals surface area contributed by atoms with Crippen LogP contribution in [-0.2, 0) is 28.7 Å². The Balaban J connectivity index is 1.14. The molecule has 2 aromatic rings. The SMILES string of the molecule is O=C(NCCCN(CCOC(=O)C(F)(F)F)CCOC(=O)C(F)(F)F)C1=Cc2c(ncnc2Nc2ccc(OC3CCN(C(=O)C4CCCC4)CC3)c(Cl)c2)NCC1. The lowest BCUT2D eigenvalue weighted by Crippen LogP contribution is -2.44. The molecule has 58 heavy (non-hydrogen) atoms. The molecule has 0 atom stereocenters. The van der Waals surface area contributed by atoms with Crippen LogP contribution in [0.25, 0.3) is 6.08 Å². The van der Waals surface area contributed by atoms with E-state index in [9.17, 15) is 45.5 Å². The predicted octanol–water partition coefficient (Wildman–Crippen LogP) is 5.65. The second-order valence-electron chi connectivity index (χ2n) is 13.9. The molecule has 0 unspecified atom stereocenters. The number of amides is 2. The Hall–Kier alpha value is -4.85. The van der Waals surface area contributed by atoms with Crippen molar-refractivity contribution in [3.63, 3.8) is 0 Å². The van der Waals surface area contributed by atoms with Gasteiger partial charge in [0.2, 0.25) is 11.8 Å². The van der Waals surface area contributed by atoms with Crippen LogP contribution < -0.4 is 20.7 Å². The number of carbonyl (C=O) groups is 4. The number of nitrogens with zero attached hydrogens (tertiary/aromatic N) is 4. The average molecular weight is 848 g/mol. The fourth-order valence-electron chi connectivity index (χ4n) is 6.78. The first-order valence-electron chi connectivity index (χ1n) is 18.9. The van der Waals surface area contributed by atoms with E-state index < -0.39 is 43.4 Å². The maximum absolute atomic E-state index is 13.3. The zero-order chi connectivity index (χ0) is 41.9. The van der Waals surface area contributed by atoms with Crippen molar-refractivity contribution in [3.8, 4) is 5.75 Å². The van der Waals surface area contributed by atoms with E-state index in [1.807, 2.05) is 4.90 Å². The molecule has 21 heteroatoms. The van der Waals surface area contributed by atoms with E-state index in [-0.39, 0.29) is 50.5 Å². The van der Waals surface area contributed by atoms with Gasteiger partial charge in [0.25, 0.3) is 0 Å². The Morgan fingerprint density at radius 1 is 0.914 bits per heavy atom. The second kappa shape index (κ2) is 20.2. The fraction of sp³-hybridized carbons (Fsp3) is 0.568. The summed E-state index contributed by atoms with van der Waals surface area (Å²) in [6.07, 6.45) is -1.51. The van der Waals surface area contributed by atoms with Crippen molar-refractivity contribution in [1.82, 2.24) is 25.1 Å². The summed E-state index contributed by atoms with van der Waals surface area (Å²) in [6.45, 7) is -0.361. The maximum atomic E-state index is 13.3. The number of aromatic nitrogens is 2. The van der Waals surface area contributed by atoms with Crippen molar-refractivity contribution in [2.75, 3.05) is 69.7 Å². The minimum Gasteiger partial charge on any atom is -0.489 e. The first-order valence-corrected chi connectivity index (χ1v) is 19.3. The van der Waals surface area contributed by atoms with E-state index in [0.717, 1.165) is 25.7 Å².